The Morgan fingerprint density at radius 1 is 0.815 bits per heavy atom. The molecule has 0 fully saturated rings. The molecule has 3 aromatic carbocycles. The molecule has 0 spiro atoms. The third kappa shape index (κ3) is 6.23. The van der Waals surface area contributed by atoms with Crippen LogP contribution in [0.3, 0.4) is 0 Å². The van der Waals surface area contributed by atoms with Crippen LogP contribution >= 0.6 is 15.9 Å². The molecule has 0 aliphatic heterocycles. The Bertz CT molecular complexity index is 779. The quantitative estimate of drug-likeness (QED) is 0.386. The van der Waals surface area contributed by atoms with Gasteiger partial charge in [0.15, 0.2) is 0 Å². The van der Waals surface area contributed by atoms with Crippen molar-refractivity contribution >= 4 is 15.9 Å². The summed E-state index contributed by atoms with van der Waals surface area (Å²) < 4.78 is 5.93. The molecule has 140 valence electrons. The molecule has 3 aromatic rings. The Hall–Kier alpha value is -2.10. The third-order valence-electron chi connectivity index (χ3n) is 4.66. The van der Waals surface area contributed by atoms with E-state index >= 15 is 0 Å². The van der Waals surface area contributed by atoms with Crippen LogP contribution < -0.4 is 4.74 Å². The van der Waals surface area contributed by atoms with Gasteiger partial charge in [-0.3, -0.25) is 4.90 Å². The predicted molar refractivity (Wildman–Crippen MR) is 116 cm³/mol. The summed E-state index contributed by atoms with van der Waals surface area (Å²) in [5, 5.41) is 0. The van der Waals surface area contributed by atoms with Gasteiger partial charge in [-0.15, -0.1) is 0 Å². The molecule has 0 unspecified atom stereocenters. The molecular formula is C24H26BrNO. The van der Waals surface area contributed by atoms with E-state index in [-0.39, 0.29) is 4.83 Å². The first kappa shape index (κ1) is 19.7. The van der Waals surface area contributed by atoms with E-state index in [9.17, 15) is 0 Å². The molecule has 0 saturated carbocycles. The molecular weight excluding hydrogens is 398 g/mol. The van der Waals surface area contributed by atoms with Crippen LogP contribution in [0.2, 0.25) is 0 Å². The van der Waals surface area contributed by atoms with Gasteiger partial charge >= 0.3 is 0 Å². The summed E-state index contributed by atoms with van der Waals surface area (Å²) >= 11 is 3.82. The molecule has 0 aliphatic carbocycles. The van der Waals surface area contributed by atoms with Gasteiger partial charge in [0.05, 0.1) is 4.83 Å². The topological polar surface area (TPSA) is 12.5 Å². The number of hydrogen-bond donors (Lipinski definition) is 0. The number of rotatable bonds is 9. The summed E-state index contributed by atoms with van der Waals surface area (Å²) in [6.07, 6.45) is 0. The maximum Gasteiger partial charge on any atom is 0.119 e. The maximum absolute atomic E-state index is 5.93. The van der Waals surface area contributed by atoms with Crippen molar-refractivity contribution in [3.05, 3.63) is 102 Å². The lowest BCUT2D eigenvalue weighted by molar-refractivity contribution is 0.187. The van der Waals surface area contributed by atoms with Crippen molar-refractivity contribution in [2.24, 2.45) is 0 Å². The van der Waals surface area contributed by atoms with Crippen molar-refractivity contribution in [2.45, 2.75) is 24.3 Å². The first-order chi connectivity index (χ1) is 13.2. The van der Waals surface area contributed by atoms with E-state index in [1.807, 2.05) is 30.3 Å². The number of ether oxygens (including phenoxy) is 1. The van der Waals surface area contributed by atoms with Crippen LogP contribution in [-0.4, -0.2) is 22.9 Å². The summed E-state index contributed by atoms with van der Waals surface area (Å²) in [4.78, 5) is 2.74. The predicted octanol–water partition coefficient (Wildman–Crippen LogP) is 6.09. The van der Waals surface area contributed by atoms with Gasteiger partial charge in [0.1, 0.15) is 12.4 Å². The Labute approximate surface area is 170 Å². The van der Waals surface area contributed by atoms with Crippen LogP contribution in [0.5, 0.6) is 5.75 Å². The van der Waals surface area contributed by atoms with Crippen molar-refractivity contribution in [3.63, 3.8) is 0 Å². The lowest BCUT2D eigenvalue weighted by Crippen LogP contribution is -2.34. The Balaban J connectivity index is 1.67. The van der Waals surface area contributed by atoms with Crippen LogP contribution in [0.15, 0.2) is 91.0 Å². The fraction of sp³-hybridized carbons (Fsp3) is 0.250. The fourth-order valence-electron chi connectivity index (χ4n) is 3.13. The van der Waals surface area contributed by atoms with E-state index < -0.39 is 0 Å². The Morgan fingerprint density at radius 3 is 2.00 bits per heavy atom. The lowest BCUT2D eigenvalue weighted by Gasteiger charge is -2.31. The molecule has 27 heavy (non-hydrogen) atoms. The zero-order chi connectivity index (χ0) is 18.9. The summed E-state index contributed by atoms with van der Waals surface area (Å²) in [5.41, 5.74) is 2.65. The van der Waals surface area contributed by atoms with Crippen molar-refractivity contribution in [3.8, 4) is 5.75 Å². The minimum atomic E-state index is 0.243. The summed E-state index contributed by atoms with van der Waals surface area (Å²) in [6.45, 7) is 4.72. The lowest BCUT2D eigenvalue weighted by atomic mass is 10.1. The first-order valence-corrected chi connectivity index (χ1v) is 10.3. The number of hydrogen-bond acceptors (Lipinski definition) is 2. The Kier molecular flexibility index (Phi) is 7.49. The number of alkyl halides is 1. The highest BCUT2D eigenvalue weighted by molar-refractivity contribution is 9.09. The van der Waals surface area contributed by atoms with Crippen LogP contribution in [0.4, 0.5) is 0 Å². The van der Waals surface area contributed by atoms with E-state index in [0.29, 0.717) is 12.6 Å². The molecule has 3 rings (SSSR count). The molecule has 3 heteroatoms. The minimum absolute atomic E-state index is 0.243. The summed E-state index contributed by atoms with van der Waals surface area (Å²) in [7, 11) is 0. The number of halogens is 1. The second kappa shape index (κ2) is 10.3. The second-order valence-corrected chi connectivity index (χ2v) is 8.02. The standard InChI is InChI=1S/C24H26BrNO/c1-20(22-13-7-3-8-14-22)26(17-21-11-5-2-6-12-21)18-23(25)19-27-24-15-9-4-10-16-24/h2-16,20,23H,17-19H2,1H3/t20-,23-/m1/s1. The van der Waals surface area contributed by atoms with E-state index in [2.05, 4.69) is 88.4 Å². The molecule has 0 heterocycles. The van der Waals surface area contributed by atoms with Gasteiger partial charge in [0.2, 0.25) is 0 Å². The molecule has 2 nitrogen and oxygen atoms in total. The van der Waals surface area contributed by atoms with Crippen LogP contribution in [0.1, 0.15) is 24.1 Å². The fourth-order valence-corrected chi connectivity index (χ4v) is 3.63. The van der Waals surface area contributed by atoms with Crippen LogP contribution in [0, 0.1) is 0 Å². The maximum atomic E-state index is 5.93. The molecule has 0 N–H and O–H groups in total. The second-order valence-electron chi connectivity index (χ2n) is 6.72. The van der Waals surface area contributed by atoms with Crippen molar-refractivity contribution in [1.82, 2.24) is 4.90 Å². The molecule has 0 bridgehead atoms. The molecule has 0 aliphatic rings. The zero-order valence-electron chi connectivity index (χ0n) is 15.7. The molecule has 0 saturated heterocycles. The van der Waals surface area contributed by atoms with Crippen molar-refractivity contribution in [2.75, 3.05) is 13.2 Å². The molecule has 0 aromatic heterocycles. The van der Waals surface area contributed by atoms with E-state index in [1.54, 1.807) is 0 Å². The van der Waals surface area contributed by atoms with E-state index in [4.69, 9.17) is 4.74 Å². The van der Waals surface area contributed by atoms with Gasteiger partial charge in [-0.05, 0) is 30.2 Å². The minimum Gasteiger partial charge on any atom is -0.492 e. The molecule has 0 radical (unpaired) electrons. The van der Waals surface area contributed by atoms with E-state index in [0.717, 1.165) is 18.8 Å². The van der Waals surface area contributed by atoms with Crippen molar-refractivity contribution in [1.29, 1.82) is 0 Å². The summed E-state index contributed by atoms with van der Waals surface area (Å²) in [6, 6.07) is 31.6. The zero-order valence-corrected chi connectivity index (χ0v) is 17.3. The highest BCUT2D eigenvalue weighted by Crippen LogP contribution is 2.24. The largest absolute Gasteiger partial charge is 0.492 e. The third-order valence-corrected chi connectivity index (χ3v) is 5.22. The van der Waals surface area contributed by atoms with Crippen molar-refractivity contribution < 1.29 is 4.74 Å². The van der Waals surface area contributed by atoms with E-state index in [1.165, 1.54) is 11.1 Å². The van der Waals surface area contributed by atoms with Crippen LogP contribution in [-0.2, 0) is 6.54 Å². The highest BCUT2D eigenvalue weighted by atomic mass is 79.9. The SMILES string of the molecule is C[C@H](c1ccccc1)N(Cc1ccccc1)C[C@@H](Br)COc1ccccc1. The number of nitrogens with zero attached hydrogens (tertiary/aromatic N) is 1. The summed E-state index contributed by atoms with van der Waals surface area (Å²) in [5.74, 6) is 0.910. The van der Waals surface area contributed by atoms with Gasteiger partial charge in [-0.25, -0.2) is 0 Å². The molecule has 0 amide bonds. The highest BCUT2D eigenvalue weighted by Gasteiger charge is 2.19. The van der Waals surface area contributed by atoms with Gasteiger partial charge in [0, 0.05) is 19.1 Å². The smallest absolute Gasteiger partial charge is 0.119 e. The van der Waals surface area contributed by atoms with Gasteiger partial charge in [0.25, 0.3) is 0 Å². The van der Waals surface area contributed by atoms with Gasteiger partial charge in [-0.2, -0.15) is 0 Å². The monoisotopic (exact) mass is 423 g/mol. The average Bonchev–Trinajstić information content (AvgIpc) is 2.73. The number of benzene rings is 3. The Morgan fingerprint density at radius 2 is 1.37 bits per heavy atom. The average molecular weight is 424 g/mol. The van der Waals surface area contributed by atoms with Gasteiger partial charge < -0.3 is 4.74 Å². The normalized spacial score (nSPS) is 13.3. The number of para-hydroxylation sites is 1. The van der Waals surface area contributed by atoms with Crippen LogP contribution in [0.25, 0.3) is 0 Å². The van der Waals surface area contributed by atoms with Gasteiger partial charge in [-0.1, -0.05) is 94.8 Å². The first-order valence-electron chi connectivity index (χ1n) is 9.37. The molecule has 2 atom stereocenters.